The highest BCUT2D eigenvalue weighted by molar-refractivity contribution is 9.10. The fraction of sp³-hybridized carbons (Fsp3) is 0.364. The number of aromatic nitrogens is 1. The molecule has 92 valence electrons. The molecule has 0 bridgehead atoms. The molecule has 17 heavy (non-hydrogen) atoms. The van der Waals surface area contributed by atoms with E-state index in [-0.39, 0.29) is 18.7 Å². The first-order chi connectivity index (χ1) is 7.99. The molecule has 1 amide bonds. The molecule has 2 N–H and O–H groups in total. The maximum Gasteiger partial charge on any atom is 0.303 e. The lowest BCUT2D eigenvalue weighted by Gasteiger charge is -2.07. The van der Waals surface area contributed by atoms with Gasteiger partial charge in [0.1, 0.15) is 4.60 Å². The van der Waals surface area contributed by atoms with E-state index >= 15 is 0 Å². The second kappa shape index (κ2) is 6.34. The van der Waals surface area contributed by atoms with Crippen LogP contribution in [0.15, 0.2) is 16.7 Å². The van der Waals surface area contributed by atoms with Crippen LogP contribution in [0, 0.1) is 6.92 Å². The van der Waals surface area contributed by atoms with Crippen LogP contribution < -0.4 is 5.32 Å². The van der Waals surface area contributed by atoms with Crippen molar-refractivity contribution in [1.82, 2.24) is 4.98 Å². The molecule has 0 aromatic carbocycles. The van der Waals surface area contributed by atoms with Gasteiger partial charge in [-0.15, -0.1) is 0 Å². The molecule has 6 heteroatoms. The molecule has 0 spiro atoms. The topological polar surface area (TPSA) is 79.3 Å². The van der Waals surface area contributed by atoms with Gasteiger partial charge in [0, 0.05) is 12.8 Å². The van der Waals surface area contributed by atoms with E-state index in [0.717, 1.165) is 0 Å². The predicted octanol–water partition coefficient (Wildman–Crippen LogP) is 2.35. The summed E-state index contributed by atoms with van der Waals surface area (Å²) in [4.78, 5) is 25.9. The van der Waals surface area contributed by atoms with Crippen LogP contribution in [0.4, 0.5) is 5.69 Å². The summed E-state index contributed by atoms with van der Waals surface area (Å²) in [5.41, 5.74) is 1.36. The van der Waals surface area contributed by atoms with Gasteiger partial charge in [-0.05, 0) is 41.4 Å². The van der Waals surface area contributed by atoms with Crippen LogP contribution in [0.3, 0.4) is 0 Å². The van der Waals surface area contributed by atoms with E-state index in [1.54, 1.807) is 19.1 Å². The van der Waals surface area contributed by atoms with E-state index in [1.165, 1.54) is 0 Å². The van der Waals surface area contributed by atoms with Crippen molar-refractivity contribution in [2.45, 2.75) is 26.2 Å². The number of rotatable bonds is 5. The fourth-order valence-corrected chi connectivity index (χ4v) is 1.67. The summed E-state index contributed by atoms with van der Waals surface area (Å²) < 4.78 is 0.707. The monoisotopic (exact) mass is 300 g/mol. The number of anilines is 1. The molecule has 5 nitrogen and oxygen atoms in total. The minimum absolute atomic E-state index is 0.00495. The van der Waals surface area contributed by atoms with Crippen LogP contribution >= 0.6 is 15.9 Å². The number of carboxylic acid groups (broad SMARTS) is 1. The summed E-state index contributed by atoms with van der Waals surface area (Å²) in [6.07, 6.45) is 0.539. The highest BCUT2D eigenvalue weighted by Crippen LogP contribution is 2.16. The Labute approximate surface area is 107 Å². The standard InChI is InChI=1S/C11H13BrN2O3/c1-7-8(5-6-9(12)13-7)14-10(15)3-2-4-11(16)17/h5-6H,2-4H2,1H3,(H,14,15)(H,16,17). The summed E-state index contributed by atoms with van der Waals surface area (Å²) in [5, 5.41) is 11.1. The second-order valence-electron chi connectivity index (χ2n) is 3.56. The maximum atomic E-state index is 11.5. The van der Waals surface area contributed by atoms with Crippen molar-refractivity contribution >= 4 is 33.5 Å². The van der Waals surface area contributed by atoms with Gasteiger partial charge >= 0.3 is 5.97 Å². The minimum Gasteiger partial charge on any atom is -0.481 e. The van der Waals surface area contributed by atoms with Crippen molar-refractivity contribution in [2.24, 2.45) is 0 Å². The van der Waals surface area contributed by atoms with E-state index in [2.05, 4.69) is 26.2 Å². The first-order valence-corrected chi connectivity index (χ1v) is 5.93. The smallest absolute Gasteiger partial charge is 0.303 e. The van der Waals surface area contributed by atoms with E-state index in [4.69, 9.17) is 5.11 Å². The van der Waals surface area contributed by atoms with Crippen LogP contribution in [0.1, 0.15) is 25.0 Å². The molecule has 0 aliphatic heterocycles. The van der Waals surface area contributed by atoms with Crippen LogP contribution in [-0.2, 0) is 9.59 Å². The third-order valence-electron chi connectivity index (χ3n) is 2.12. The van der Waals surface area contributed by atoms with Crippen molar-refractivity contribution in [3.63, 3.8) is 0 Å². The molecule has 1 aromatic rings. The number of pyridine rings is 1. The number of carbonyl (C=O) groups is 2. The number of carbonyl (C=O) groups excluding carboxylic acids is 1. The molecule has 1 aromatic heterocycles. The van der Waals surface area contributed by atoms with Gasteiger partial charge in [0.25, 0.3) is 0 Å². The summed E-state index contributed by atoms with van der Waals surface area (Å²) in [6, 6.07) is 3.49. The SMILES string of the molecule is Cc1nc(Br)ccc1NC(=O)CCCC(=O)O. The number of nitrogens with zero attached hydrogens (tertiary/aromatic N) is 1. The Kier molecular flexibility index (Phi) is 5.09. The zero-order valence-corrected chi connectivity index (χ0v) is 11.0. The van der Waals surface area contributed by atoms with Crippen molar-refractivity contribution < 1.29 is 14.7 Å². The van der Waals surface area contributed by atoms with E-state index in [0.29, 0.717) is 22.4 Å². The zero-order chi connectivity index (χ0) is 12.8. The van der Waals surface area contributed by atoms with Crippen LogP contribution in [-0.4, -0.2) is 22.0 Å². The van der Waals surface area contributed by atoms with Gasteiger partial charge in [-0.25, -0.2) is 4.98 Å². The van der Waals surface area contributed by atoms with Crippen LogP contribution in [0.2, 0.25) is 0 Å². The first kappa shape index (κ1) is 13.6. The van der Waals surface area contributed by atoms with Gasteiger partial charge in [-0.1, -0.05) is 0 Å². The Bertz CT molecular complexity index is 435. The zero-order valence-electron chi connectivity index (χ0n) is 9.36. The molecule has 0 unspecified atom stereocenters. The summed E-state index contributed by atoms with van der Waals surface area (Å²) in [6.45, 7) is 1.79. The van der Waals surface area contributed by atoms with E-state index < -0.39 is 5.97 Å². The lowest BCUT2D eigenvalue weighted by molar-refractivity contribution is -0.137. The van der Waals surface area contributed by atoms with Crippen LogP contribution in [0.5, 0.6) is 0 Å². The van der Waals surface area contributed by atoms with Gasteiger partial charge in [-0.3, -0.25) is 9.59 Å². The van der Waals surface area contributed by atoms with Crippen molar-refractivity contribution in [3.8, 4) is 0 Å². The molecule has 0 atom stereocenters. The van der Waals surface area contributed by atoms with Crippen molar-refractivity contribution in [3.05, 3.63) is 22.4 Å². The first-order valence-electron chi connectivity index (χ1n) is 5.14. The highest BCUT2D eigenvalue weighted by atomic mass is 79.9. The number of hydrogen-bond acceptors (Lipinski definition) is 3. The Morgan fingerprint density at radius 2 is 2.12 bits per heavy atom. The molecule has 1 heterocycles. The van der Waals surface area contributed by atoms with Gasteiger partial charge in [0.05, 0.1) is 11.4 Å². The van der Waals surface area contributed by atoms with Gasteiger partial charge in [0.15, 0.2) is 0 Å². The largest absolute Gasteiger partial charge is 0.481 e. The van der Waals surface area contributed by atoms with Crippen molar-refractivity contribution in [1.29, 1.82) is 0 Å². The second-order valence-corrected chi connectivity index (χ2v) is 4.37. The molecule has 0 saturated carbocycles. The normalized spacial score (nSPS) is 10.0. The minimum atomic E-state index is -0.890. The number of carboxylic acids is 1. The van der Waals surface area contributed by atoms with E-state index in [1.807, 2.05) is 0 Å². The van der Waals surface area contributed by atoms with Gasteiger partial charge in [0.2, 0.25) is 5.91 Å². The molecule has 0 aliphatic carbocycles. The average Bonchev–Trinajstić information content (AvgIpc) is 2.21. The van der Waals surface area contributed by atoms with Gasteiger partial charge < -0.3 is 10.4 Å². The van der Waals surface area contributed by atoms with Gasteiger partial charge in [-0.2, -0.15) is 0 Å². The number of hydrogen-bond donors (Lipinski definition) is 2. The molecule has 0 radical (unpaired) electrons. The lowest BCUT2D eigenvalue weighted by atomic mass is 10.2. The predicted molar refractivity (Wildman–Crippen MR) is 66.8 cm³/mol. The Morgan fingerprint density at radius 3 is 2.71 bits per heavy atom. The Morgan fingerprint density at radius 1 is 1.41 bits per heavy atom. The fourth-order valence-electron chi connectivity index (χ4n) is 1.28. The summed E-state index contributed by atoms with van der Waals surface area (Å²) >= 11 is 3.23. The average molecular weight is 301 g/mol. The molecular weight excluding hydrogens is 288 g/mol. The molecular formula is C11H13BrN2O3. The molecule has 0 fully saturated rings. The van der Waals surface area contributed by atoms with Crippen molar-refractivity contribution in [2.75, 3.05) is 5.32 Å². The number of aryl methyl sites for hydroxylation is 1. The lowest BCUT2D eigenvalue weighted by Crippen LogP contribution is -2.13. The third-order valence-corrected chi connectivity index (χ3v) is 2.56. The Hall–Kier alpha value is -1.43. The third kappa shape index (κ3) is 4.95. The number of amides is 1. The quantitative estimate of drug-likeness (QED) is 0.818. The summed E-state index contributed by atoms with van der Waals surface area (Å²) in [7, 11) is 0. The number of aliphatic carboxylic acids is 1. The number of halogens is 1. The van der Waals surface area contributed by atoms with E-state index in [9.17, 15) is 9.59 Å². The molecule has 0 saturated heterocycles. The van der Waals surface area contributed by atoms with Crippen LogP contribution in [0.25, 0.3) is 0 Å². The highest BCUT2D eigenvalue weighted by Gasteiger charge is 2.07. The number of nitrogens with one attached hydrogen (secondary N) is 1. The summed E-state index contributed by atoms with van der Waals surface area (Å²) in [5.74, 6) is -1.09. The molecule has 0 aliphatic rings. The maximum absolute atomic E-state index is 11.5. The Balaban J connectivity index is 2.48. The molecule has 1 rings (SSSR count).